The SMILES string of the molecule is CNC(C)c1ccc(Sc2ccccc2F)cn1. The zero-order valence-electron chi connectivity index (χ0n) is 10.4. The number of halogens is 1. The summed E-state index contributed by atoms with van der Waals surface area (Å²) in [7, 11) is 1.90. The fourth-order valence-corrected chi connectivity index (χ4v) is 2.32. The summed E-state index contributed by atoms with van der Waals surface area (Å²) in [4.78, 5) is 5.93. The number of benzene rings is 1. The average Bonchev–Trinajstić information content (AvgIpc) is 2.41. The molecule has 0 aliphatic rings. The third-order valence-corrected chi connectivity index (χ3v) is 3.73. The Bertz CT molecular complexity index is 513. The van der Waals surface area contributed by atoms with Crippen LogP contribution in [0, 0.1) is 5.82 Å². The summed E-state index contributed by atoms with van der Waals surface area (Å²) < 4.78 is 13.5. The minimum Gasteiger partial charge on any atom is -0.312 e. The first-order valence-corrected chi connectivity index (χ1v) is 6.58. The maximum atomic E-state index is 13.5. The van der Waals surface area contributed by atoms with Crippen LogP contribution in [0.5, 0.6) is 0 Å². The maximum Gasteiger partial charge on any atom is 0.137 e. The largest absolute Gasteiger partial charge is 0.312 e. The Balaban J connectivity index is 2.14. The first-order valence-electron chi connectivity index (χ1n) is 5.76. The van der Waals surface area contributed by atoms with Crippen LogP contribution in [0.1, 0.15) is 18.7 Å². The summed E-state index contributed by atoms with van der Waals surface area (Å²) >= 11 is 1.38. The van der Waals surface area contributed by atoms with E-state index in [4.69, 9.17) is 0 Å². The van der Waals surface area contributed by atoms with Crippen LogP contribution in [-0.2, 0) is 0 Å². The van der Waals surface area contributed by atoms with E-state index >= 15 is 0 Å². The lowest BCUT2D eigenvalue weighted by Gasteiger charge is -2.09. The van der Waals surface area contributed by atoms with Crippen LogP contribution in [0.3, 0.4) is 0 Å². The molecule has 0 fully saturated rings. The van der Waals surface area contributed by atoms with Gasteiger partial charge in [-0.15, -0.1) is 0 Å². The summed E-state index contributed by atoms with van der Waals surface area (Å²) in [6.45, 7) is 2.05. The predicted molar refractivity (Wildman–Crippen MR) is 72.2 cm³/mol. The molecule has 2 rings (SSSR count). The number of aromatic nitrogens is 1. The molecule has 18 heavy (non-hydrogen) atoms. The van der Waals surface area contributed by atoms with Crippen molar-refractivity contribution in [1.29, 1.82) is 0 Å². The second-order valence-corrected chi connectivity index (χ2v) is 5.08. The number of hydrogen-bond acceptors (Lipinski definition) is 3. The van der Waals surface area contributed by atoms with Crippen LogP contribution in [-0.4, -0.2) is 12.0 Å². The van der Waals surface area contributed by atoms with Crippen molar-refractivity contribution in [3.8, 4) is 0 Å². The van der Waals surface area contributed by atoms with Crippen molar-refractivity contribution in [3.05, 3.63) is 54.1 Å². The van der Waals surface area contributed by atoms with E-state index in [2.05, 4.69) is 10.3 Å². The normalized spacial score (nSPS) is 12.4. The van der Waals surface area contributed by atoms with E-state index < -0.39 is 0 Å². The number of hydrogen-bond donors (Lipinski definition) is 1. The van der Waals surface area contributed by atoms with Gasteiger partial charge < -0.3 is 5.32 Å². The van der Waals surface area contributed by atoms with E-state index in [-0.39, 0.29) is 11.9 Å². The van der Waals surface area contributed by atoms with Gasteiger partial charge in [-0.2, -0.15) is 0 Å². The van der Waals surface area contributed by atoms with E-state index in [1.54, 1.807) is 18.3 Å². The molecule has 1 aromatic carbocycles. The van der Waals surface area contributed by atoms with E-state index in [1.807, 2.05) is 32.2 Å². The minimum absolute atomic E-state index is 0.199. The van der Waals surface area contributed by atoms with Crippen LogP contribution in [0.25, 0.3) is 0 Å². The third kappa shape index (κ3) is 3.09. The first kappa shape index (κ1) is 13.1. The maximum absolute atomic E-state index is 13.5. The quantitative estimate of drug-likeness (QED) is 0.910. The number of pyridine rings is 1. The first-order chi connectivity index (χ1) is 8.70. The van der Waals surface area contributed by atoms with Crippen LogP contribution < -0.4 is 5.32 Å². The van der Waals surface area contributed by atoms with Crippen LogP contribution in [0.4, 0.5) is 4.39 Å². The standard InChI is InChI=1S/C14H15FN2S/c1-10(16-2)13-8-7-11(9-17-13)18-14-6-4-3-5-12(14)15/h3-10,16H,1-2H3. The molecule has 2 aromatic rings. The van der Waals surface area contributed by atoms with Gasteiger partial charge in [0.2, 0.25) is 0 Å². The fraction of sp³-hybridized carbons (Fsp3) is 0.214. The Morgan fingerprint density at radius 1 is 1.22 bits per heavy atom. The molecule has 1 heterocycles. The third-order valence-electron chi connectivity index (χ3n) is 2.70. The van der Waals surface area contributed by atoms with Crippen LogP contribution >= 0.6 is 11.8 Å². The van der Waals surface area contributed by atoms with Crippen molar-refractivity contribution in [2.45, 2.75) is 22.8 Å². The molecule has 0 aliphatic heterocycles. The van der Waals surface area contributed by atoms with Crippen LogP contribution in [0.15, 0.2) is 52.4 Å². The minimum atomic E-state index is -0.199. The fourth-order valence-electron chi connectivity index (χ4n) is 1.51. The molecule has 0 bridgehead atoms. The molecule has 0 aliphatic carbocycles. The molecule has 0 saturated carbocycles. The van der Waals surface area contributed by atoms with Crippen molar-refractivity contribution < 1.29 is 4.39 Å². The predicted octanol–water partition coefficient (Wildman–Crippen LogP) is 3.65. The summed E-state index contributed by atoms with van der Waals surface area (Å²) in [5, 5.41) is 3.13. The topological polar surface area (TPSA) is 24.9 Å². The molecule has 1 atom stereocenters. The van der Waals surface area contributed by atoms with Crippen molar-refractivity contribution >= 4 is 11.8 Å². The van der Waals surface area contributed by atoms with Gasteiger partial charge in [-0.1, -0.05) is 23.9 Å². The Kier molecular flexibility index (Phi) is 4.33. The zero-order chi connectivity index (χ0) is 13.0. The Morgan fingerprint density at radius 3 is 2.61 bits per heavy atom. The molecule has 4 heteroatoms. The lowest BCUT2D eigenvalue weighted by atomic mass is 10.2. The Hall–Kier alpha value is -1.39. The summed E-state index contributed by atoms with van der Waals surface area (Å²) in [5.41, 5.74) is 0.982. The number of nitrogens with one attached hydrogen (secondary N) is 1. The van der Waals surface area contributed by atoms with E-state index in [0.717, 1.165) is 10.6 Å². The highest BCUT2D eigenvalue weighted by Gasteiger charge is 2.06. The average molecular weight is 262 g/mol. The number of rotatable bonds is 4. The second kappa shape index (κ2) is 5.98. The lowest BCUT2D eigenvalue weighted by molar-refractivity contribution is 0.602. The monoisotopic (exact) mass is 262 g/mol. The van der Waals surface area contributed by atoms with Gasteiger partial charge in [-0.05, 0) is 38.2 Å². The van der Waals surface area contributed by atoms with Gasteiger partial charge in [0.05, 0.1) is 5.69 Å². The highest BCUT2D eigenvalue weighted by atomic mass is 32.2. The van der Waals surface area contributed by atoms with Gasteiger partial charge in [0.25, 0.3) is 0 Å². The molecule has 0 spiro atoms. The molecule has 2 nitrogen and oxygen atoms in total. The van der Waals surface area contributed by atoms with Crippen molar-refractivity contribution in [2.24, 2.45) is 0 Å². The zero-order valence-corrected chi connectivity index (χ0v) is 11.2. The molecule has 0 saturated heterocycles. The van der Waals surface area contributed by atoms with Crippen molar-refractivity contribution in [1.82, 2.24) is 10.3 Å². The molecular formula is C14H15FN2S. The molecular weight excluding hydrogens is 247 g/mol. The van der Waals surface area contributed by atoms with Gasteiger partial charge in [-0.25, -0.2) is 4.39 Å². The summed E-state index contributed by atoms with van der Waals surface area (Å²) in [6, 6.07) is 10.9. The van der Waals surface area contributed by atoms with Gasteiger partial charge in [0, 0.05) is 22.0 Å². The van der Waals surface area contributed by atoms with E-state index in [9.17, 15) is 4.39 Å². The molecule has 1 N–H and O–H groups in total. The molecule has 1 unspecified atom stereocenters. The molecule has 94 valence electrons. The van der Waals surface area contributed by atoms with Gasteiger partial charge in [0.1, 0.15) is 5.82 Å². The molecule has 0 amide bonds. The van der Waals surface area contributed by atoms with E-state index in [0.29, 0.717) is 4.90 Å². The summed E-state index contributed by atoms with van der Waals surface area (Å²) in [5.74, 6) is -0.199. The molecule has 0 radical (unpaired) electrons. The van der Waals surface area contributed by atoms with E-state index in [1.165, 1.54) is 17.8 Å². The second-order valence-electron chi connectivity index (χ2n) is 3.96. The van der Waals surface area contributed by atoms with Crippen molar-refractivity contribution in [2.75, 3.05) is 7.05 Å². The van der Waals surface area contributed by atoms with Gasteiger partial charge in [-0.3, -0.25) is 4.98 Å². The summed E-state index contributed by atoms with van der Waals surface area (Å²) in [6.07, 6.45) is 1.78. The Labute approximate surface area is 111 Å². The highest BCUT2D eigenvalue weighted by Crippen LogP contribution is 2.29. The smallest absolute Gasteiger partial charge is 0.137 e. The molecule has 1 aromatic heterocycles. The highest BCUT2D eigenvalue weighted by molar-refractivity contribution is 7.99. The number of nitrogens with zero attached hydrogens (tertiary/aromatic N) is 1. The van der Waals surface area contributed by atoms with Crippen LogP contribution in [0.2, 0.25) is 0 Å². The van der Waals surface area contributed by atoms with Crippen molar-refractivity contribution in [3.63, 3.8) is 0 Å². The van der Waals surface area contributed by atoms with Gasteiger partial charge >= 0.3 is 0 Å². The lowest BCUT2D eigenvalue weighted by Crippen LogP contribution is -2.13. The van der Waals surface area contributed by atoms with Gasteiger partial charge in [0.15, 0.2) is 0 Å². The Morgan fingerprint density at radius 2 is 2.00 bits per heavy atom.